The molecule has 1 aromatic heterocycles. The fourth-order valence-electron chi connectivity index (χ4n) is 1.19. The highest BCUT2D eigenvalue weighted by Crippen LogP contribution is 2.14. The fourth-order valence-corrected chi connectivity index (χ4v) is 2.30. The van der Waals surface area contributed by atoms with E-state index in [0.29, 0.717) is 0 Å². The topological polar surface area (TPSA) is 142 Å². The number of aromatic nitrogens is 2. The second-order valence-electron chi connectivity index (χ2n) is 3.47. The van der Waals surface area contributed by atoms with Crippen LogP contribution < -0.4 is 16.2 Å². The molecule has 0 unspecified atom stereocenters. The van der Waals surface area contributed by atoms with Gasteiger partial charge in [-0.15, -0.1) is 0 Å². The number of ether oxygens (including phenoxy) is 1. The van der Waals surface area contributed by atoms with Gasteiger partial charge in [0.05, 0.1) is 6.61 Å². The number of nitrogens with one attached hydrogen (secondary N) is 1. The zero-order valence-corrected chi connectivity index (χ0v) is 10.6. The van der Waals surface area contributed by atoms with E-state index in [2.05, 4.69) is 9.82 Å². The lowest BCUT2D eigenvalue weighted by atomic mass is 10.6. The van der Waals surface area contributed by atoms with E-state index in [4.69, 9.17) is 16.2 Å². The third kappa shape index (κ3) is 3.98. The number of rotatable bonds is 7. The van der Waals surface area contributed by atoms with Crippen LogP contribution in [-0.4, -0.2) is 43.9 Å². The van der Waals surface area contributed by atoms with Crippen molar-refractivity contribution in [2.75, 3.05) is 25.5 Å². The molecule has 102 valence electrons. The average molecular weight is 277 g/mol. The van der Waals surface area contributed by atoms with Crippen LogP contribution in [0.1, 0.15) is 0 Å². The Morgan fingerprint density at radius 3 is 2.78 bits per heavy atom. The van der Waals surface area contributed by atoms with Crippen molar-refractivity contribution in [3.05, 3.63) is 6.20 Å². The Bertz CT molecular complexity index is 524. The van der Waals surface area contributed by atoms with Crippen molar-refractivity contribution in [1.82, 2.24) is 14.5 Å². The molecule has 1 rings (SSSR count). The number of nitrogens with zero attached hydrogens (tertiary/aromatic N) is 2. The lowest BCUT2D eigenvalue weighted by Gasteiger charge is -2.05. The zero-order valence-electron chi connectivity index (χ0n) is 9.79. The maximum absolute atomic E-state index is 11.8. The molecule has 0 aliphatic heterocycles. The summed E-state index contributed by atoms with van der Waals surface area (Å²) in [6, 6.07) is 0. The Morgan fingerprint density at radius 1 is 1.61 bits per heavy atom. The van der Waals surface area contributed by atoms with Crippen LogP contribution >= 0.6 is 0 Å². The molecule has 10 heteroatoms. The maximum Gasteiger partial charge on any atom is 0.245 e. The third-order valence-corrected chi connectivity index (χ3v) is 3.37. The normalized spacial score (nSPS) is 11.6. The molecule has 1 amide bonds. The van der Waals surface area contributed by atoms with Gasteiger partial charge in [0.1, 0.15) is 11.5 Å². The first-order valence-corrected chi connectivity index (χ1v) is 6.46. The van der Waals surface area contributed by atoms with Gasteiger partial charge in [0.15, 0.2) is 5.82 Å². The van der Waals surface area contributed by atoms with Gasteiger partial charge in [-0.25, -0.2) is 13.1 Å². The number of anilines is 1. The summed E-state index contributed by atoms with van der Waals surface area (Å²) in [5, 5.41) is 3.73. The highest BCUT2D eigenvalue weighted by molar-refractivity contribution is 7.89. The number of sulfonamides is 1. The number of hydrogen-bond acceptors (Lipinski definition) is 6. The first-order chi connectivity index (χ1) is 8.33. The van der Waals surface area contributed by atoms with Crippen LogP contribution in [0.15, 0.2) is 11.1 Å². The van der Waals surface area contributed by atoms with Gasteiger partial charge in [-0.1, -0.05) is 0 Å². The smallest absolute Gasteiger partial charge is 0.245 e. The summed E-state index contributed by atoms with van der Waals surface area (Å²) >= 11 is 0. The number of amides is 1. The predicted octanol–water partition coefficient (Wildman–Crippen LogP) is -2.22. The van der Waals surface area contributed by atoms with Crippen molar-refractivity contribution < 1.29 is 17.9 Å². The van der Waals surface area contributed by atoms with E-state index < -0.39 is 15.9 Å². The lowest BCUT2D eigenvalue weighted by Crippen LogP contribution is -2.29. The largest absolute Gasteiger partial charge is 0.381 e. The summed E-state index contributed by atoms with van der Waals surface area (Å²) in [4.78, 5) is 10.3. The number of hydrogen-bond donors (Lipinski definition) is 3. The van der Waals surface area contributed by atoms with E-state index in [1.165, 1.54) is 10.9 Å². The maximum atomic E-state index is 11.8. The molecule has 0 radical (unpaired) electrons. The quantitative estimate of drug-likeness (QED) is 0.482. The molecule has 5 N–H and O–H groups in total. The van der Waals surface area contributed by atoms with Crippen LogP contribution in [0, 0.1) is 0 Å². The number of nitrogens with two attached hydrogens (primary N) is 2. The number of carbonyl (C=O) groups is 1. The van der Waals surface area contributed by atoms with Crippen molar-refractivity contribution in [2.45, 2.75) is 4.90 Å². The highest BCUT2D eigenvalue weighted by Gasteiger charge is 2.19. The molecule has 1 heterocycles. The zero-order chi connectivity index (χ0) is 13.8. The van der Waals surface area contributed by atoms with E-state index >= 15 is 0 Å². The Kier molecular flexibility index (Phi) is 4.64. The van der Waals surface area contributed by atoms with Gasteiger partial charge in [0, 0.05) is 19.8 Å². The SMILES string of the molecule is Cn1cc(S(=O)(=O)NCCOCC(N)=O)c(N)n1. The first kappa shape index (κ1) is 14.4. The molecule has 0 bridgehead atoms. The van der Waals surface area contributed by atoms with Crippen LogP contribution in [0.5, 0.6) is 0 Å². The molecule has 18 heavy (non-hydrogen) atoms. The molecular weight excluding hydrogens is 262 g/mol. The standard InChI is InChI=1S/C8H15N5O4S/c1-13-4-6(8(10)12-13)18(15,16)11-2-3-17-5-7(9)14/h4,11H,2-3,5H2,1H3,(H2,9,14)(H2,10,12). The minimum absolute atomic E-state index is 0.00392. The molecule has 0 fully saturated rings. The Labute approximate surface area is 104 Å². The first-order valence-electron chi connectivity index (χ1n) is 4.98. The lowest BCUT2D eigenvalue weighted by molar-refractivity contribution is -0.122. The van der Waals surface area contributed by atoms with Crippen LogP contribution in [0.25, 0.3) is 0 Å². The van der Waals surface area contributed by atoms with Crippen LogP contribution in [0.3, 0.4) is 0 Å². The summed E-state index contributed by atoms with van der Waals surface area (Å²) in [5.41, 5.74) is 10.3. The van der Waals surface area contributed by atoms with E-state index in [9.17, 15) is 13.2 Å². The summed E-state index contributed by atoms with van der Waals surface area (Å²) in [6.07, 6.45) is 1.29. The molecule has 0 atom stereocenters. The van der Waals surface area contributed by atoms with Crippen molar-refractivity contribution in [1.29, 1.82) is 0 Å². The monoisotopic (exact) mass is 277 g/mol. The van der Waals surface area contributed by atoms with Gasteiger partial charge in [0.2, 0.25) is 15.9 Å². The minimum Gasteiger partial charge on any atom is -0.381 e. The number of carbonyl (C=O) groups excluding carboxylic acids is 1. The number of nitrogen functional groups attached to an aromatic ring is 1. The summed E-state index contributed by atoms with van der Waals surface area (Å²) in [6.45, 7) is -0.219. The molecule has 0 saturated heterocycles. The summed E-state index contributed by atoms with van der Waals surface area (Å²) < 4.78 is 31.9. The number of primary amides is 1. The second kappa shape index (κ2) is 5.80. The Morgan fingerprint density at radius 2 is 2.28 bits per heavy atom. The van der Waals surface area contributed by atoms with Crippen LogP contribution in [0.2, 0.25) is 0 Å². The predicted molar refractivity (Wildman–Crippen MR) is 62.8 cm³/mol. The fraction of sp³-hybridized carbons (Fsp3) is 0.500. The minimum atomic E-state index is -3.73. The molecule has 0 saturated carbocycles. The Balaban J connectivity index is 2.51. The molecule has 0 aromatic carbocycles. The number of aryl methyl sites for hydroxylation is 1. The van der Waals surface area contributed by atoms with Gasteiger partial charge in [0.25, 0.3) is 0 Å². The summed E-state index contributed by atoms with van der Waals surface area (Å²) in [5.74, 6) is -0.697. The van der Waals surface area contributed by atoms with Crippen molar-refractivity contribution in [3.63, 3.8) is 0 Å². The molecule has 0 aliphatic carbocycles. The van der Waals surface area contributed by atoms with Crippen LogP contribution in [-0.2, 0) is 26.6 Å². The van der Waals surface area contributed by atoms with Gasteiger partial charge in [-0.05, 0) is 0 Å². The molecule has 1 aromatic rings. The van der Waals surface area contributed by atoms with Crippen LogP contribution in [0.4, 0.5) is 5.82 Å². The van der Waals surface area contributed by atoms with E-state index in [1.807, 2.05) is 0 Å². The van der Waals surface area contributed by atoms with Gasteiger partial charge in [-0.3, -0.25) is 9.48 Å². The molecule has 0 spiro atoms. The average Bonchev–Trinajstić information content (AvgIpc) is 2.57. The van der Waals surface area contributed by atoms with Gasteiger partial charge < -0.3 is 16.2 Å². The van der Waals surface area contributed by atoms with Crippen molar-refractivity contribution >= 4 is 21.7 Å². The van der Waals surface area contributed by atoms with Gasteiger partial charge >= 0.3 is 0 Å². The third-order valence-electron chi connectivity index (χ3n) is 1.89. The second-order valence-corrected chi connectivity index (χ2v) is 5.20. The molecular formula is C8H15N5O4S. The summed E-state index contributed by atoms with van der Waals surface area (Å²) in [7, 11) is -2.16. The van der Waals surface area contributed by atoms with E-state index in [-0.39, 0.29) is 30.5 Å². The van der Waals surface area contributed by atoms with E-state index in [0.717, 1.165) is 0 Å². The highest BCUT2D eigenvalue weighted by atomic mass is 32.2. The van der Waals surface area contributed by atoms with Crippen molar-refractivity contribution in [2.24, 2.45) is 12.8 Å². The van der Waals surface area contributed by atoms with Crippen molar-refractivity contribution in [3.8, 4) is 0 Å². The Hall–Kier alpha value is -1.65. The molecule has 9 nitrogen and oxygen atoms in total. The van der Waals surface area contributed by atoms with E-state index in [1.54, 1.807) is 7.05 Å². The molecule has 0 aliphatic rings. The van der Waals surface area contributed by atoms with Gasteiger partial charge in [-0.2, -0.15) is 5.10 Å².